The summed E-state index contributed by atoms with van der Waals surface area (Å²) in [5.74, 6) is -0.258. The fourth-order valence-electron chi connectivity index (χ4n) is 4.65. The molecule has 0 rings (SSSR count). The van der Waals surface area contributed by atoms with Crippen molar-refractivity contribution in [3.63, 3.8) is 0 Å². The first-order valence-corrected chi connectivity index (χ1v) is 15.8. The molecule has 5 nitrogen and oxygen atoms in total. The van der Waals surface area contributed by atoms with Crippen molar-refractivity contribution in [2.75, 3.05) is 6.54 Å². The molecule has 0 bridgehead atoms. The Morgan fingerprint density at radius 2 is 1.08 bits per heavy atom. The average molecular weight is 511 g/mol. The zero-order valence-corrected chi connectivity index (χ0v) is 24.4. The van der Waals surface area contributed by atoms with Crippen LogP contribution in [0.1, 0.15) is 168 Å². The van der Waals surface area contributed by atoms with Gasteiger partial charge in [-0.05, 0) is 19.3 Å². The van der Waals surface area contributed by atoms with Gasteiger partial charge in [0.2, 0.25) is 5.91 Å². The largest absolute Gasteiger partial charge is 0.460 e. The Morgan fingerprint density at radius 1 is 0.639 bits per heavy atom. The van der Waals surface area contributed by atoms with Crippen molar-refractivity contribution in [3.05, 3.63) is 0 Å². The summed E-state index contributed by atoms with van der Waals surface area (Å²) < 4.78 is 5.78. The second kappa shape index (κ2) is 26.9. The highest BCUT2D eigenvalue weighted by molar-refractivity contribution is 5.77. The molecule has 0 unspecified atom stereocenters. The Balaban J connectivity index is 4.33. The first-order chi connectivity index (χ1) is 17.5. The Kier molecular flexibility index (Phi) is 26.1. The van der Waals surface area contributed by atoms with Crippen molar-refractivity contribution in [3.8, 4) is 0 Å². The normalized spacial score (nSPS) is 12.9. The van der Waals surface area contributed by atoms with E-state index >= 15 is 0 Å². The van der Waals surface area contributed by atoms with E-state index in [4.69, 9.17) is 10.5 Å². The van der Waals surface area contributed by atoms with E-state index in [9.17, 15) is 9.59 Å². The van der Waals surface area contributed by atoms with Gasteiger partial charge in [0.1, 0.15) is 6.10 Å². The average Bonchev–Trinajstić information content (AvgIpc) is 2.86. The van der Waals surface area contributed by atoms with E-state index in [1.54, 1.807) is 0 Å². The molecule has 214 valence electrons. The van der Waals surface area contributed by atoms with E-state index in [1.165, 1.54) is 83.5 Å². The van der Waals surface area contributed by atoms with E-state index in [0.717, 1.165) is 51.4 Å². The van der Waals surface area contributed by atoms with Crippen LogP contribution in [0.3, 0.4) is 0 Å². The second-order valence-electron chi connectivity index (χ2n) is 10.8. The Labute approximate surface area is 224 Å². The molecular weight excluding hydrogens is 448 g/mol. The van der Waals surface area contributed by atoms with Crippen molar-refractivity contribution >= 4 is 11.9 Å². The number of unbranched alkanes of at least 4 members (excludes halogenated alkanes) is 17. The maximum atomic E-state index is 12.5. The summed E-state index contributed by atoms with van der Waals surface area (Å²) in [4.78, 5) is 25.0. The monoisotopic (exact) mass is 510 g/mol. The van der Waals surface area contributed by atoms with Gasteiger partial charge in [-0.1, -0.05) is 136 Å². The number of rotatable bonds is 27. The van der Waals surface area contributed by atoms with Crippen LogP contribution in [0, 0.1) is 0 Å². The maximum absolute atomic E-state index is 12.5. The van der Waals surface area contributed by atoms with Crippen molar-refractivity contribution in [2.24, 2.45) is 5.73 Å². The molecule has 0 saturated carbocycles. The fraction of sp³-hybridized carbons (Fsp3) is 0.935. The molecule has 0 aliphatic heterocycles. The van der Waals surface area contributed by atoms with Gasteiger partial charge in [-0.25, -0.2) is 0 Å². The number of carbonyl (C=O) groups is 2. The van der Waals surface area contributed by atoms with Gasteiger partial charge in [-0.15, -0.1) is 0 Å². The molecular formula is C31H62N2O3. The molecule has 0 fully saturated rings. The Bertz CT molecular complexity index is 498. The van der Waals surface area contributed by atoms with Crippen LogP contribution in [-0.4, -0.2) is 30.6 Å². The summed E-state index contributed by atoms with van der Waals surface area (Å²) in [5.41, 5.74) is 6.46. The fourth-order valence-corrected chi connectivity index (χ4v) is 4.65. The standard InChI is InChI=1S/C31H62N2O3/c1-4-7-10-12-14-16-18-20-22-25-31(35)36-29(27-30(34)33-26-23-9-6-3)28(32)24-21-19-17-15-13-11-8-5-2/h28-29H,4-27,32H2,1-3H3,(H,33,34)/t28-,29-/m1/s1. The second-order valence-corrected chi connectivity index (χ2v) is 10.8. The van der Waals surface area contributed by atoms with Gasteiger partial charge in [-0.3, -0.25) is 9.59 Å². The zero-order valence-electron chi connectivity index (χ0n) is 24.4. The molecule has 2 atom stereocenters. The van der Waals surface area contributed by atoms with Gasteiger partial charge in [0.05, 0.1) is 6.42 Å². The number of esters is 1. The minimum atomic E-state index is -0.521. The lowest BCUT2D eigenvalue weighted by molar-refractivity contribution is -0.151. The van der Waals surface area contributed by atoms with Crippen molar-refractivity contribution in [1.29, 1.82) is 0 Å². The quantitative estimate of drug-likeness (QED) is 0.0859. The van der Waals surface area contributed by atoms with Gasteiger partial charge >= 0.3 is 5.97 Å². The van der Waals surface area contributed by atoms with Gasteiger partial charge in [0, 0.05) is 19.0 Å². The molecule has 3 N–H and O–H groups in total. The number of nitrogens with two attached hydrogens (primary N) is 1. The highest BCUT2D eigenvalue weighted by Gasteiger charge is 2.24. The molecule has 0 aromatic carbocycles. The van der Waals surface area contributed by atoms with Crippen LogP contribution in [0.25, 0.3) is 0 Å². The zero-order chi connectivity index (χ0) is 26.7. The summed E-state index contributed by atoms with van der Waals surface area (Å²) >= 11 is 0. The summed E-state index contributed by atoms with van der Waals surface area (Å²) in [6, 6.07) is -0.279. The van der Waals surface area contributed by atoms with E-state index in [-0.39, 0.29) is 24.3 Å². The summed E-state index contributed by atoms with van der Waals surface area (Å²) in [7, 11) is 0. The third kappa shape index (κ3) is 23.3. The Hall–Kier alpha value is -1.10. The molecule has 0 radical (unpaired) electrons. The van der Waals surface area contributed by atoms with Crippen LogP contribution < -0.4 is 11.1 Å². The molecule has 0 aromatic rings. The van der Waals surface area contributed by atoms with Crippen LogP contribution >= 0.6 is 0 Å². The van der Waals surface area contributed by atoms with Gasteiger partial charge < -0.3 is 15.8 Å². The predicted molar refractivity (Wildman–Crippen MR) is 154 cm³/mol. The van der Waals surface area contributed by atoms with Gasteiger partial charge in [-0.2, -0.15) is 0 Å². The van der Waals surface area contributed by atoms with Crippen molar-refractivity contribution in [1.82, 2.24) is 5.32 Å². The molecule has 0 spiro atoms. The molecule has 0 aliphatic carbocycles. The van der Waals surface area contributed by atoms with E-state index in [0.29, 0.717) is 13.0 Å². The number of hydrogen-bond donors (Lipinski definition) is 2. The first-order valence-electron chi connectivity index (χ1n) is 15.8. The molecule has 36 heavy (non-hydrogen) atoms. The lowest BCUT2D eigenvalue weighted by Crippen LogP contribution is -2.42. The molecule has 0 saturated heterocycles. The maximum Gasteiger partial charge on any atom is 0.306 e. The predicted octanol–water partition coefficient (Wildman–Crippen LogP) is 8.37. The van der Waals surface area contributed by atoms with E-state index < -0.39 is 6.10 Å². The number of carbonyl (C=O) groups excluding carboxylic acids is 2. The van der Waals surface area contributed by atoms with Crippen LogP contribution in [0.2, 0.25) is 0 Å². The summed E-state index contributed by atoms with van der Waals surface area (Å²) in [6.07, 6.45) is 25.0. The highest BCUT2D eigenvalue weighted by atomic mass is 16.5. The number of nitrogens with one attached hydrogen (secondary N) is 1. The van der Waals surface area contributed by atoms with E-state index in [2.05, 4.69) is 26.1 Å². The minimum Gasteiger partial charge on any atom is -0.460 e. The molecule has 5 heteroatoms. The van der Waals surface area contributed by atoms with Crippen LogP contribution in [0.4, 0.5) is 0 Å². The number of ether oxygens (including phenoxy) is 1. The van der Waals surface area contributed by atoms with Crippen LogP contribution in [0.15, 0.2) is 0 Å². The first kappa shape index (κ1) is 34.9. The minimum absolute atomic E-state index is 0.0571. The molecule has 0 aliphatic rings. The van der Waals surface area contributed by atoms with Crippen LogP contribution in [-0.2, 0) is 14.3 Å². The lowest BCUT2D eigenvalue weighted by atomic mass is 10.00. The topological polar surface area (TPSA) is 81.4 Å². The van der Waals surface area contributed by atoms with Crippen molar-refractivity contribution in [2.45, 2.75) is 181 Å². The number of amides is 1. The number of hydrogen-bond acceptors (Lipinski definition) is 4. The van der Waals surface area contributed by atoms with Gasteiger partial charge in [0.25, 0.3) is 0 Å². The van der Waals surface area contributed by atoms with Crippen molar-refractivity contribution < 1.29 is 14.3 Å². The lowest BCUT2D eigenvalue weighted by Gasteiger charge is -2.24. The third-order valence-corrected chi connectivity index (χ3v) is 7.12. The summed E-state index contributed by atoms with van der Waals surface area (Å²) in [6.45, 7) is 7.31. The van der Waals surface area contributed by atoms with E-state index in [1.807, 2.05) is 0 Å². The highest BCUT2D eigenvalue weighted by Crippen LogP contribution is 2.16. The smallest absolute Gasteiger partial charge is 0.306 e. The third-order valence-electron chi connectivity index (χ3n) is 7.12. The summed E-state index contributed by atoms with van der Waals surface area (Å²) in [5, 5.41) is 2.98. The van der Waals surface area contributed by atoms with Gasteiger partial charge in [0.15, 0.2) is 0 Å². The van der Waals surface area contributed by atoms with Crippen LogP contribution in [0.5, 0.6) is 0 Å². The molecule has 0 heterocycles. The SMILES string of the molecule is CCCCCCCCCCCC(=O)O[C@H](CC(=O)NCCCCC)[C@H](N)CCCCCCCCCC. The Morgan fingerprint density at radius 3 is 1.61 bits per heavy atom. The molecule has 0 aromatic heterocycles. The molecule has 1 amide bonds.